The predicted octanol–water partition coefficient (Wildman–Crippen LogP) is -1.01. The van der Waals surface area contributed by atoms with Gasteiger partial charge in [0.2, 0.25) is 0 Å². The Bertz CT molecular complexity index is 65.3. The SMILES string of the molecule is CN/C(CO)=N\O. The van der Waals surface area contributed by atoms with Gasteiger partial charge in [0.05, 0.1) is 0 Å². The largest absolute Gasteiger partial charge is 0.409 e. The Morgan fingerprint density at radius 3 is 2.43 bits per heavy atom. The molecule has 0 atom stereocenters. The highest BCUT2D eigenvalue weighted by Crippen LogP contribution is 1.62. The van der Waals surface area contributed by atoms with E-state index < -0.39 is 0 Å². The summed E-state index contributed by atoms with van der Waals surface area (Å²) >= 11 is 0. The van der Waals surface area contributed by atoms with Gasteiger partial charge in [-0.05, 0) is 0 Å². The molecule has 0 unspecified atom stereocenters. The van der Waals surface area contributed by atoms with Crippen molar-refractivity contribution in [3.63, 3.8) is 0 Å². The van der Waals surface area contributed by atoms with Gasteiger partial charge in [0.25, 0.3) is 0 Å². The van der Waals surface area contributed by atoms with Crippen LogP contribution < -0.4 is 5.32 Å². The molecule has 7 heavy (non-hydrogen) atoms. The van der Waals surface area contributed by atoms with Gasteiger partial charge in [0, 0.05) is 7.05 Å². The molecule has 0 spiro atoms. The fourth-order valence-corrected chi connectivity index (χ4v) is 0.161. The van der Waals surface area contributed by atoms with Crippen LogP contribution in [0.1, 0.15) is 0 Å². The highest BCUT2D eigenvalue weighted by Gasteiger charge is 1.86. The van der Waals surface area contributed by atoms with Gasteiger partial charge in [0.15, 0.2) is 5.84 Å². The molecule has 3 N–H and O–H groups in total. The molecule has 0 saturated carbocycles. The molecule has 0 heterocycles. The standard InChI is InChI=1S/C3H8N2O2/c1-4-3(2-6)5-7/h6-7H,2H2,1H3,(H,4,5). The van der Waals surface area contributed by atoms with E-state index in [0.29, 0.717) is 0 Å². The zero-order valence-electron chi connectivity index (χ0n) is 4.05. The van der Waals surface area contributed by atoms with Gasteiger partial charge < -0.3 is 15.6 Å². The number of amidine groups is 1. The van der Waals surface area contributed by atoms with Crippen molar-refractivity contribution < 1.29 is 10.3 Å². The third-order valence-electron chi connectivity index (χ3n) is 0.559. The van der Waals surface area contributed by atoms with E-state index >= 15 is 0 Å². The molecule has 0 bridgehead atoms. The summed E-state index contributed by atoms with van der Waals surface area (Å²) in [6, 6.07) is 0. The van der Waals surface area contributed by atoms with Crippen LogP contribution in [0, 0.1) is 0 Å². The first-order chi connectivity index (χ1) is 3.35. The molecular formula is C3H8N2O2. The first-order valence-corrected chi connectivity index (χ1v) is 1.84. The van der Waals surface area contributed by atoms with Crippen LogP contribution in [0.2, 0.25) is 0 Å². The fraction of sp³-hybridized carbons (Fsp3) is 0.667. The topological polar surface area (TPSA) is 64.8 Å². The van der Waals surface area contributed by atoms with Crippen LogP contribution in [-0.4, -0.2) is 29.8 Å². The van der Waals surface area contributed by atoms with E-state index in [1.165, 1.54) is 0 Å². The second-order valence-electron chi connectivity index (χ2n) is 0.955. The number of aliphatic hydroxyl groups excluding tert-OH is 1. The summed E-state index contributed by atoms with van der Waals surface area (Å²) in [5.74, 6) is 0.167. The van der Waals surface area contributed by atoms with Crippen LogP contribution in [0.3, 0.4) is 0 Å². The molecule has 0 amide bonds. The number of likely N-dealkylation sites (N-methyl/N-ethyl adjacent to an activating group) is 1. The zero-order valence-corrected chi connectivity index (χ0v) is 4.05. The lowest BCUT2D eigenvalue weighted by Gasteiger charge is -1.93. The van der Waals surface area contributed by atoms with Gasteiger partial charge in [-0.1, -0.05) is 5.16 Å². The number of nitrogens with zero attached hydrogens (tertiary/aromatic N) is 1. The Kier molecular flexibility index (Phi) is 3.04. The van der Waals surface area contributed by atoms with Gasteiger partial charge in [0.1, 0.15) is 6.61 Å². The summed E-state index contributed by atoms with van der Waals surface area (Å²) in [5, 5.41) is 21.2. The van der Waals surface area contributed by atoms with Gasteiger partial charge in [-0.3, -0.25) is 0 Å². The van der Waals surface area contributed by atoms with Crippen molar-refractivity contribution in [2.75, 3.05) is 13.7 Å². The Morgan fingerprint density at radius 1 is 1.86 bits per heavy atom. The zero-order chi connectivity index (χ0) is 5.70. The molecule has 0 aromatic rings. The van der Waals surface area contributed by atoms with E-state index in [-0.39, 0.29) is 12.4 Å². The molecule has 0 aliphatic rings. The molecular weight excluding hydrogens is 96.0 g/mol. The third kappa shape index (κ3) is 1.99. The van der Waals surface area contributed by atoms with Crippen molar-refractivity contribution in [3.8, 4) is 0 Å². The average molecular weight is 104 g/mol. The molecule has 4 nitrogen and oxygen atoms in total. The van der Waals surface area contributed by atoms with Gasteiger partial charge in [-0.2, -0.15) is 0 Å². The Hall–Kier alpha value is -0.770. The van der Waals surface area contributed by atoms with E-state index in [9.17, 15) is 0 Å². The van der Waals surface area contributed by atoms with E-state index in [1.54, 1.807) is 7.05 Å². The van der Waals surface area contributed by atoms with Crippen molar-refractivity contribution in [3.05, 3.63) is 0 Å². The van der Waals surface area contributed by atoms with E-state index in [4.69, 9.17) is 10.3 Å². The summed E-state index contributed by atoms with van der Waals surface area (Å²) in [7, 11) is 1.56. The molecule has 0 aromatic heterocycles. The minimum absolute atomic E-state index is 0.167. The summed E-state index contributed by atoms with van der Waals surface area (Å²) in [6.45, 7) is -0.257. The maximum Gasteiger partial charge on any atom is 0.167 e. The first-order valence-electron chi connectivity index (χ1n) is 1.84. The maximum absolute atomic E-state index is 8.17. The molecule has 0 aliphatic heterocycles. The Morgan fingerprint density at radius 2 is 2.43 bits per heavy atom. The van der Waals surface area contributed by atoms with Crippen LogP contribution >= 0.6 is 0 Å². The second kappa shape index (κ2) is 3.42. The number of rotatable bonds is 1. The first kappa shape index (κ1) is 6.23. The van der Waals surface area contributed by atoms with Crippen LogP contribution in [0.5, 0.6) is 0 Å². The van der Waals surface area contributed by atoms with Crippen molar-refractivity contribution in [1.82, 2.24) is 5.32 Å². The Labute approximate surface area is 41.5 Å². The third-order valence-corrected chi connectivity index (χ3v) is 0.559. The van der Waals surface area contributed by atoms with E-state index in [1.807, 2.05) is 0 Å². The second-order valence-corrected chi connectivity index (χ2v) is 0.955. The monoisotopic (exact) mass is 104 g/mol. The molecule has 0 saturated heterocycles. The van der Waals surface area contributed by atoms with Crippen molar-refractivity contribution >= 4 is 5.84 Å². The lowest BCUT2D eigenvalue weighted by molar-refractivity contribution is 0.299. The smallest absolute Gasteiger partial charge is 0.167 e. The van der Waals surface area contributed by atoms with Crippen LogP contribution in [0.4, 0.5) is 0 Å². The van der Waals surface area contributed by atoms with Gasteiger partial charge >= 0.3 is 0 Å². The molecule has 0 fully saturated rings. The summed E-state index contributed by atoms with van der Waals surface area (Å²) in [4.78, 5) is 0. The summed E-state index contributed by atoms with van der Waals surface area (Å²) in [6.07, 6.45) is 0. The number of hydrogen-bond donors (Lipinski definition) is 3. The average Bonchev–Trinajstić information content (AvgIpc) is 1.72. The number of hydrogen-bond acceptors (Lipinski definition) is 3. The maximum atomic E-state index is 8.17. The number of oxime groups is 1. The molecule has 0 rings (SSSR count). The lowest BCUT2D eigenvalue weighted by Crippen LogP contribution is -2.21. The van der Waals surface area contributed by atoms with Crippen LogP contribution in [0.15, 0.2) is 5.16 Å². The van der Waals surface area contributed by atoms with E-state index in [2.05, 4.69) is 10.5 Å². The highest BCUT2D eigenvalue weighted by atomic mass is 16.4. The number of aliphatic hydroxyl groups is 1. The molecule has 0 aliphatic carbocycles. The quantitative estimate of drug-likeness (QED) is 0.173. The normalized spacial score (nSPS) is 11.4. The number of nitrogens with one attached hydrogen (secondary N) is 1. The van der Waals surface area contributed by atoms with Gasteiger partial charge in [-0.25, -0.2) is 0 Å². The summed E-state index contributed by atoms with van der Waals surface area (Å²) < 4.78 is 0. The molecule has 0 radical (unpaired) electrons. The molecule has 4 heteroatoms. The van der Waals surface area contributed by atoms with Crippen molar-refractivity contribution in [2.45, 2.75) is 0 Å². The molecule has 42 valence electrons. The highest BCUT2D eigenvalue weighted by molar-refractivity contribution is 5.82. The fourth-order valence-electron chi connectivity index (χ4n) is 0.161. The minimum atomic E-state index is -0.257. The van der Waals surface area contributed by atoms with Crippen molar-refractivity contribution in [2.24, 2.45) is 5.16 Å². The van der Waals surface area contributed by atoms with Crippen molar-refractivity contribution in [1.29, 1.82) is 0 Å². The summed E-state index contributed by atoms with van der Waals surface area (Å²) in [5.41, 5.74) is 0. The Balaban J connectivity index is 3.38. The van der Waals surface area contributed by atoms with Crippen LogP contribution in [-0.2, 0) is 0 Å². The minimum Gasteiger partial charge on any atom is -0.409 e. The molecule has 0 aromatic carbocycles. The predicted molar refractivity (Wildman–Crippen MR) is 25.4 cm³/mol. The van der Waals surface area contributed by atoms with Gasteiger partial charge in [-0.15, -0.1) is 0 Å². The lowest BCUT2D eigenvalue weighted by atomic mass is 10.6. The van der Waals surface area contributed by atoms with E-state index in [0.717, 1.165) is 0 Å². The van der Waals surface area contributed by atoms with Crippen LogP contribution in [0.25, 0.3) is 0 Å².